The molecule has 1 aliphatic rings. The van der Waals surface area contributed by atoms with Crippen LogP contribution in [0.4, 0.5) is 0 Å². The maximum atomic E-state index is 11.0. The Kier molecular flexibility index (Phi) is 6.98. The Bertz CT molecular complexity index is 275. The molecule has 0 aromatic heterocycles. The fraction of sp³-hybridized carbons (Fsp3) is 0.786. The van der Waals surface area contributed by atoms with Crippen LogP contribution < -0.4 is 0 Å². The lowest BCUT2D eigenvalue weighted by molar-refractivity contribution is -0.145. The lowest BCUT2D eigenvalue weighted by Gasteiger charge is -2.22. The summed E-state index contributed by atoms with van der Waals surface area (Å²) in [4.78, 5) is 11.0. The summed E-state index contributed by atoms with van der Waals surface area (Å²) in [6.07, 6.45) is 7.23. The van der Waals surface area contributed by atoms with E-state index >= 15 is 0 Å². The second-order valence-corrected chi connectivity index (χ2v) is 4.97. The zero-order valence-corrected chi connectivity index (χ0v) is 11.0. The minimum atomic E-state index is -0.606. The molecule has 0 radical (unpaired) electrons. The van der Waals surface area contributed by atoms with E-state index in [0.29, 0.717) is 19.3 Å². The number of aliphatic hydroxyl groups is 2. The predicted octanol–water partition coefficient (Wildman–Crippen LogP) is 1.94. The Morgan fingerprint density at radius 1 is 1.39 bits per heavy atom. The van der Waals surface area contributed by atoms with Gasteiger partial charge in [-0.2, -0.15) is 0 Å². The normalized spacial score (nSPS) is 22.6. The lowest BCUT2D eigenvalue weighted by atomic mass is 9.99. The van der Waals surface area contributed by atoms with Gasteiger partial charge >= 0.3 is 5.97 Å². The number of hydrogen-bond donors (Lipinski definition) is 2. The van der Waals surface area contributed by atoms with Crippen LogP contribution in [0, 0.1) is 0 Å². The molecule has 0 saturated carbocycles. The highest BCUT2D eigenvalue weighted by Gasteiger charge is 2.21. The third kappa shape index (κ3) is 6.17. The fourth-order valence-corrected chi connectivity index (χ4v) is 2.17. The van der Waals surface area contributed by atoms with Crippen molar-refractivity contribution in [2.24, 2.45) is 0 Å². The first kappa shape index (κ1) is 15.2. The summed E-state index contributed by atoms with van der Waals surface area (Å²) in [6, 6.07) is 0. The molecule has 0 aromatic carbocycles. The van der Waals surface area contributed by atoms with Crippen LogP contribution in [-0.2, 0) is 9.53 Å². The first-order chi connectivity index (χ1) is 8.61. The minimum absolute atomic E-state index is 0.250. The average molecular weight is 256 g/mol. The lowest BCUT2D eigenvalue weighted by Crippen LogP contribution is -2.27. The number of cyclic esters (lactones) is 1. The fourth-order valence-electron chi connectivity index (χ4n) is 2.17. The maximum Gasteiger partial charge on any atom is 0.330 e. The molecule has 18 heavy (non-hydrogen) atoms. The summed E-state index contributed by atoms with van der Waals surface area (Å²) in [5.74, 6) is -0.345. The molecule has 0 aliphatic carbocycles. The van der Waals surface area contributed by atoms with Crippen LogP contribution in [0.3, 0.4) is 0 Å². The van der Waals surface area contributed by atoms with Crippen molar-refractivity contribution < 1.29 is 19.7 Å². The third-order valence-corrected chi connectivity index (χ3v) is 3.16. The topological polar surface area (TPSA) is 66.8 Å². The zero-order valence-electron chi connectivity index (χ0n) is 11.0. The minimum Gasteiger partial charge on any atom is -0.459 e. The summed E-state index contributed by atoms with van der Waals surface area (Å²) in [7, 11) is 0. The van der Waals surface area contributed by atoms with E-state index < -0.39 is 12.2 Å². The average Bonchev–Trinajstić information content (AvgIpc) is 2.29. The molecule has 1 aliphatic heterocycles. The molecular weight excluding hydrogens is 232 g/mol. The van der Waals surface area contributed by atoms with E-state index in [4.69, 9.17) is 4.74 Å². The molecule has 4 nitrogen and oxygen atoms in total. The summed E-state index contributed by atoms with van der Waals surface area (Å²) < 4.78 is 5.07. The summed E-state index contributed by atoms with van der Waals surface area (Å²) >= 11 is 0. The molecule has 4 heteroatoms. The van der Waals surface area contributed by atoms with Crippen molar-refractivity contribution in [2.75, 3.05) is 0 Å². The Morgan fingerprint density at radius 2 is 2.17 bits per heavy atom. The number of rotatable bonds is 8. The van der Waals surface area contributed by atoms with Crippen molar-refractivity contribution in [3.05, 3.63) is 12.2 Å². The number of unbranched alkanes of at least 4 members (excludes halogenated alkanes) is 2. The first-order valence-electron chi connectivity index (χ1n) is 6.85. The first-order valence-corrected chi connectivity index (χ1v) is 6.85. The van der Waals surface area contributed by atoms with Crippen molar-refractivity contribution >= 4 is 5.97 Å². The molecular formula is C14H24O4. The smallest absolute Gasteiger partial charge is 0.330 e. The molecule has 0 fully saturated rings. The largest absolute Gasteiger partial charge is 0.459 e. The molecule has 0 saturated heterocycles. The van der Waals surface area contributed by atoms with E-state index in [1.165, 1.54) is 6.08 Å². The number of carbonyl (C=O) groups is 1. The Morgan fingerprint density at radius 3 is 2.83 bits per heavy atom. The predicted molar refractivity (Wildman–Crippen MR) is 69.0 cm³/mol. The van der Waals surface area contributed by atoms with E-state index in [0.717, 1.165) is 25.7 Å². The van der Waals surface area contributed by atoms with Gasteiger partial charge in [-0.15, -0.1) is 0 Å². The van der Waals surface area contributed by atoms with Crippen molar-refractivity contribution in [3.8, 4) is 0 Å². The second kappa shape index (κ2) is 8.27. The molecule has 3 atom stereocenters. The van der Waals surface area contributed by atoms with E-state index in [2.05, 4.69) is 6.92 Å². The maximum absolute atomic E-state index is 11.0. The third-order valence-electron chi connectivity index (χ3n) is 3.16. The van der Waals surface area contributed by atoms with Crippen LogP contribution in [0.1, 0.15) is 51.9 Å². The molecule has 1 heterocycles. The monoisotopic (exact) mass is 256 g/mol. The van der Waals surface area contributed by atoms with E-state index in [1.54, 1.807) is 6.08 Å². The van der Waals surface area contributed by atoms with Gasteiger partial charge in [0.05, 0.1) is 12.2 Å². The Labute approximate surface area is 109 Å². The zero-order chi connectivity index (χ0) is 13.4. The van der Waals surface area contributed by atoms with E-state index in [-0.39, 0.29) is 12.1 Å². The summed E-state index contributed by atoms with van der Waals surface area (Å²) in [5, 5.41) is 19.6. The number of hydrogen-bond acceptors (Lipinski definition) is 4. The molecule has 0 spiro atoms. The molecule has 0 bridgehead atoms. The second-order valence-electron chi connectivity index (χ2n) is 4.97. The van der Waals surface area contributed by atoms with Gasteiger partial charge in [-0.25, -0.2) is 4.79 Å². The summed E-state index contributed by atoms with van der Waals surface area (Å²) in [6.45, 7) is 2.12. The van der Waals surface area contributed by atoms with Gasteiger partial charge in [-0.1, -0.05) is 32.3 Å². The highest BCUT2D eigenvalue weighted by Crippen LogP contribution is 2.17. The van der Waals surface area contributed by atoms with Crippen molar-refractivity contribution in [1.82, 2.24) is 0 Å². The van der Waals surface area contributed by atoms with Gasteiger partial charge in [0.2, 0.25) is 0 Å². The molecule has 0 aromatic rings. The molecule has 0 amide bonds. The Balaban J connectivity index is 2.18. The molecule has 3 unspecified atom stereocenters. The molecule has 1 rings (SSSR count). The number of ether oxygens (including phenoxy) is 1. The number of aliphatic hydroxyl groups excluding tert-OH is 2. The standard InChI is InChI=1S/C14H24O4/c1-2-3-4-6-11(15)9-12(16)10-13-7-5-8-14(17)18-13/h5,8,11-13,15-16H,2-4,6-7,9-10H2,1H3. The van der Waals surface area contributed by atoms with Crippen molar-refractivity contribution in [3.63, 3.8) is 0 Å². The van der Waals surface area contributed by atoms with E-state index in [1.807, 2.05) is 0 Å². The van der Waals surface area contributed by atoms with Gasteiger partial charge < -0.3 is 14.9 Å². The summed E-state index contributed by atoms with van der Waals surface area (Å²) in [5.41, 5.74) is 0. The van der Waals surface area contributed by atoms with Gasteiger partial charge in [-0.05, 0) is 12.8 Å². The van der Waals surface area contributed by atoms with Crippen molar-refractivity contribution in [1.29, 1.82) is 0 Å². The number of carbonyl (C=O) groups excluding carboxylic acids is 1. The van der Waals surface area contributed by atoms with Gasteiger partial charge in [0.15, 0.2) is 0 Å². The van der Waals surface area contributed by atoms with Gasteiger partial charge in [0.1, 0.15) is 6.10 Å². The van der Waals surface area contributed by atoms with Gasteiger partial charge in [0.25, 0.3) is 0 Å². The van der Waals surface area contributed by atoms with Crippen molar-refractivity contribution in [2.45, 2.75) is 70.2 Å². The van der Waals surface area contributed by atoms with Crippen LogP contribution in [0.2, 0.25) is 0 Å². The van der Waals surface area contributed by atoms with Crippen LogP contribution in [-0.4, -0.2) is 34.5 Å². The molecule has 2 N–H and O–H groups in total. The van der Waals surface area contributed by atoms with Crippen LogP contribution in [0.25, 0.3) is 0 Å². The molecule has 104 valence electrons. The highest BCUT2D eigenvalue weighted by molar-refractivity contribution is 5.82. The van der Waals surface area contributed by atoms with Crippen LogP contribution in [0.5, 0.6) is 0 Å². The van der Waals surface area contributed by atoms with Gasteiger partial charge in [-0.3, -0.25) is 0 Å². The van der Waals surface area contributed by atoms with E-state index in [9.17, 15) is 15.0 Å². The SMILES string of the molecule is CCCCCC(O)CC(O)CC1CC=CC(=O)O1. The van der Waals surface area contributed by atoms with Crippen LogP contribution >= 0.6 is 0 Å². The van der Waals surface area contributed by atoms with Crippen LogP contribution in [0.15, 0.2) is 12.2 Å². The Hall–Kier alpha value is -0.870. The highest BCUT2D eigenvalue weighted by atomic mass is 16.5. The number of esters is 1. The van der Waals surface area contributed by atoms with Gasteiger partial charge in [0, 0.05) is 18.9 Å². The quantitative estimate of drug-likeness (QED) is 0.514.